The summed E-state index contributed by atoms with van der Waals surface area (Å²) in [4.78, 5) is 4.15. The lowest BCUT2D eigenvalue weighted by Crippen LogP contribution is -2.01. The molecule has 0 aliphatic rings. The average Bonchev–Trinajstić information content (AvgIpc) is 2.34. The van der Waals surface area contributed by atoms with Gasteiger partial charge in [0.05, 0.1) is 22.0 Å². The van der Waals surface area contributed by atoms with Crippen molar-refractivity contribution in [1.29, 1.82) is 0 Å². The Labute approximate surface area is 121 Å². The molecule has 0 atom stereocenters. The predicted molar refractivity (Wildman–Crippen MR) is 78.5 cm³/mol. The van der Waals surface area contributed by atoms with E-state index >= 15 is 0 Å². The summed E-state index contributed by atoms with van der Waals surface area (Å²) >= 11 is 6.69. The van der Waals surface area contributed by atoms with Gasteiger partial charge in [-0.1, -0.05) is 6.07 Å². The summed E-state index contributed by atoms with van der Waals surface area (Å²) in [6.45, 7) is 1.86. The van der Waals surface area contributed by atoms with Gasteiger partial charge < -0.3 is 11.1 Å². The number of hydrogen-bond acceptors (Lipinski definition) is 3. The third-order valence-corrected chi connectivity index (χ3v) is 4.14. The van der Waals surface area contributed by atoms with E-state index in [1.807, 2.05) is 6.92 Å². The summed E-state index contributed by atoms with van der Waals surface area (Å²) in [6, 6.07) is 4.76. The largest absolute Gasteiger partial charge is 0.397 e. The van der Waals surface area contributed by atoms with Crippen LogP contribution in [0.25, 0.3) is 0 Å². The minimum absolute atomic E-state index is 0.342. The summed E-state index contributed by atoms with van der Waals surface area (Å²) in [5.41, 5.74) is 7.53. The van der Waals surface area contributed by atoms with Crippen molar-refractivity contribution in [2.24, 2.45) is 0 Å². The highest BCUT2D eigenvalue weighted by Gasteiger charge is 2.11. The molecule has 0 fully saturated rings. The van der Waals surface area contributed by atoms with Crippen LogP contribution >= 0.6 is 31.9 Å². The second-order valence-corrected chi connectivity index (χ2v) is 5.37. The molecule has 1 heterocycles. The van der Waals surface area contributed by atoms with Crippen LogP contribution in [0.2, 0.25) is 0 Å². The Morgan fingerprint density at radius 3 is 2.72 bits per heavy atom. The van der Waals surface area contributed by atoms with Gasteiger partial charge in [-0.2, -0.15) is 0 Å². The van der Waals surface area contributed by atoms with Crippen molar-refractivity contribution in [3.8, 4) is 0 Å². The maximum Gasteiger partial charge on any atom is 0.147 e. The molecule has 6 heteroatoms. The van der Waals surface area contributed by atoms with E-state index in [1.165, 1.54) is 12.3 Å². The zero-order chi connectivity index (χ0) is 13.3. The molecule has 3 N–H and O–H groups in total. The molecule has 1 aromatic heterocycles. The van der Waals surface area contributed by atoms with Gasteiger partial charge in [-0.3, -0.25) is 0 Å². The first-order valence-corrected chi connectivity index (χ1v) is 6.71. The van der Waals surface area contributed by atoms with E-state index in [0.29, 0.717) is 21.7 Å². The van der Waals surface area contributed by atoms with Crippen molar-refractivity contribution in [3.05, 3.63) is 44.7 Å². The van der Waals surface area contributed by atoms with Crippen molar-refractivity contribution < 1.29 is 4.39 Å². The van der Waals surface area contributed by atoms with Crippen LogP contribution in [0, 0.1) is 12.7 Å². The maximum absolute atomic E-state index is 13.7. The van der Waals surface area contributed by atoms with Crippen LogP contribution in [-0.2, 0) is 0 Å². The van der Waals surface area contributed by atoms with Crippen molar-refractivity contribution >= 4 is 49.1 Å². The van der Waals surface area contributed by atoms with E-state index in [2.05, 4.69) is 42.2 Å². The van der Waals surface area contributed by atoms with Crippen molar-refractivity contribution in [1.82, 2.24) is 4.98 Å². The normalized spacial score (nSPS) is 10.4. The third kappa shape index (κ3) is 2.49. The standard InChI is InChI=1S/C12H10Br2FN3/c1-6-9(16)5-17-12(10(6)14)18-11-7(13)3-2-4-8(11)15/h2-5H,16H2,1H3,(H,17,18). The number of benzene rings is 1. The quantitative estimate of drug-likeness (QED) is 0.820. The summed E-state index contributed by atoms with van der Waals surface area (Å²) in [7, 11) is 0. The fourth-order valence-corrected chi connectivity index (χ4v) is 2.29. The van der Waals surface area contributed by atoms with Gasteiger partial charge in [0.15, 0.2) is 0 Å². The Hall–Kier alpha value is -1.14. The van der Waals surface area contributed by atoms with Crippen LogP contribution in [0.5, 0.6) is 0 Å². The number of halogens is 3. The Morgan fingerprint density at radius 1 is 1.33 bits per heavy atom. The SMILES string of the molecule is Cc1c(N)cnc(Nc2c(F)cccc2Br)c1Br. The zero-order valence-corrected chi connectivity index (χ0v) is 12.6. The van der Waals surface area contributed by atoms with Crippen molar-refractivity contribution in [3.63, 3.8) is 0 Å². The molecule has 0 unspecified atom stereocenters. The molecule has 0 bridgehead atoms. The van der Waals surface area contributed by atoms with Crippen LogP contribution in [0.15, 0.2) is 33.3 Å². The fraction of sp³-hybridized carbons (Fsp3) is 0.0833. The van der Waals surface area contributed by atoms with Gasteiger partial charge in [-0.25, -0.2) is 9.37 Å². The van der Waals surface area contributed by atoms with Crippen molar-refractivity contribution in [2.45, 2.75) is 6.92 Å². The Balaban J connectivity index is 2.44. The minimum Gasteiger partial charge on any atom is -0.397 e. The molecule has 1 aromatic carbocycles. The van der Waals surface area contributed by atoms with Crippen LogP contribution in [0.1, 0.15) is 5.56 Å². The van der Waals surface area contributed by atoms with Gasteiger partial charge in [0.2, 0.25) is 0 Å². The molecule has 0 spiro atoms. The van der Waals surface area contributed by atoms with Crippen molar-refractivity contribution in [2.75, 3.05) is 11.1 Å². The zero-order valence-electron chi connectivity index (χ0n) is 9.47. The summed E-state index contributed by atoms with van der Waals surface area (Å²) in [5.74, 6) is 0.167. The molecule has 2 rings (SSSR count). The summed E-state index contributed by atoms with van der Waals surface area (Å²) in [6.07, 6.45) is 1.54. The fourth-order valence-electron chi connectivity index (χ4n) is 1.41. The number of rotatable bonds is 2. The van der Waals surface area contributed by atoms with E-state index in [0.717, 1.165) is 10.0 Å². The lowest BCUT2D eigenvalue weighted by atomic mass is 10.2. The number of nitrogens with one attached hydrogen (secondary N) is 1. The topological polar surface area (TPSA) is 50.9 Å². The molecule has 3 nitrogen and oxygen atoms in total. The lowest BCUT2D eigenvalue weighted by Gasteiger charge is -2.12. The highest BCUT2D eigenvalue weighted by atomic mass is 79.9. The first-order valence-electron chi connectivity index (χ1n) is 5.12. The van der Waals surface area contributed by atoms with Crippen LogP contribution in [0.4, 0.5) is 21.6 Å². The first kappa shape index (κ1) is 13.3. The molecule has 0 saturated heterocycles. The third-order valence-electron chi connectivity index (χ3n) is 2.51. The predicted octanol–water partition coefficient (Wildman–Crippen LogP) is 4.38. The van der Waals surface area contributed by atoms with Gasteiger partial charge in [-0.05, 0) is 56.5 Å². The second kappa shape index (κ2) is 5.24. The molecule has 0 radical (unpaired) electrons. The van der Waals surface area contributed by atoms with Gasteiger partial charge in [0, 0.05) is 4.47 Å². The number of pyridine rings is 1. The molecular formula is C12H10Br2FN3. The molecule has 18 heavy (non-hydrogen) atoms. The number of nitrogens with two attached hydrogens (primary N) is 1. The molecule has 0 saturated carbocycles. The van der Waals surface area contributed by atoms with Gasteiger partial charge >= 0.3 is 0 Å². The maximum atomic E-state index is 13.7. The van der Waals surface area contributed by atoms with E-state index in [9.17, 15) is 4.39 Å². The molecule has 94 valence electrons. The first-order chi connectivity index (χ1) is 8.50. The van der Waals surface area contributed by atoms with E-state index in [4.69, 9.17) is 5.73 Å². The molecular weight excluding hydrogens is 365 g/mol. The molecule has 0 aliphatic heterocycles. The van der Waals surface area contributed by atoms with E-state index in [1.54, 1.807) is 12.1 Å². The molecule has 0 amide bonds. The van der Waals surface area contributed by atoms with E-state index in [-0.39, 0.29) is 5.82 Å². The molecule has 0 aliphatic carbocycles. The monoisotopic (exact) mass is 373 g/mol. The van der Waals surface area contributed by atoms with Gasteiger partial charge in [0.25, 0.3) is 0 Å². The number of aromatic nitrogens is 1. The molecule has 2 aromatic rings. The Kier molecular flexibility index (Phi) is 3.87. The average molecular weight is 375 g/mol. The van der Waals surface area contributed by atoms with Gasteiger partial charge in [0.1, 0.15) is 11.6 Å². The minimum atomic E-state index is -0.354. The number of nitrogen functional groups attached to an aromatic ring is 1. The van der Waals surface area contributed by atoms with Crippen LogP contribution < -0.4 is 11.1 Å². The van der Waals surface area contributed by atoms with Gasteiger partial charge in [-0.15, -0.1) is 0 Å². The van der Waals surface area contributed by atoms with E-state index < -0.39 is 0 Å². The second-order valence-electron chi connectivity index (χ2n) is 3.72. The highest BCUT2D eigenvalue weighted by molar-refractivity contribution is 9.11. The summed E-state index contributed by atoms with van der Waals surface area (Å²) in [5, 5.41) is 2.94. The Bertz CT molecular complexity index is 582. The smallest absolute Gasteiger partial charge is 0.147 e. The van der Waals surface area contributed by atoms with Crippen LogP contribution in [0.3, 0.4) is 0 Å². The number of nitrogens with zero attached hydrogens (tertiary/aromatic N) is 1. The number of para-hydroxylation sites is 1. The highest BCUT2D eigenvalue weighted by Crippen LogP contribution is 2.33. The number of anilines is 3. The summed E-state index contributed by atoms with van der Waals surface area (Å²) < 4.78 is 15.0. The number of hydrogen-bond donors (Lipinski definition) is 2. The lowest BCUT2D eigenvalue weighted by molar-refractivity contribution is 0.631. The Morgan fingerprint density at radius 2 is 2.06 bits per heavy atom. The van der Waals surface area contributed by atoms with Crippen LogP contribution in [-0.4, -0.2) is 4.98 Å².